The summed E-state index contributed by atoms with van der Waals surface area (Å²) in [5.74, 6) is 0.622. The zero-order chi connectivity index (χ0) is 25.2. The van der Waals surface area contributed by atoms with Gasteiger partial charge in [0.1, 0.15) is 11.6 Å². The molecule has 1 N–H and O–H groups in total. The molecule has 0 aromatic rings. The summed E-state index contributed by atoms with van der Waals surface area (Å²) < 4.78 is 0. The fourth-order valence-electron chi connectivity index (χ4n) is 8.35. The number of aliphatic hydroxyl groups is 1. The van der Waals surface area contributed by atoms with Crippen LogP contribution in [0.2, 0.25) is 0 Å². The van der Waals surface area contributed by atoms with Crippen LogP contribution in [-0.4, -0.2) is 28.6 Å². The molecule has 3 saturated carbocycles. The molecule has 35 heavy (non-hydrogen) atoms. The quantitative estimate of drug-likeness (QED) is 0.328. The Kier molecular flexibility index (Phi) is 8.40. The molecule has 0 amide bonds. The predicted molar refractivity (Wildman–Crippen MR) is 139 cm³/mol. The maximum absolute atomic E-state index is 13.3. The van der Waals surface area contributed by atoms with Crippen molar-refractivity contribution in [3.8, 4) is 0 Å². The van der Waals surface area contributed by atoms with Crippen molar-refractivity contribution >= 4 is 17.3 Å². The van der Waals surface area contributed by atoms with Crippen LogP contribution in [0.3, 0.4) is 0 Å². The zero-order valence-electron chi connectivity index (χ0n) is 22.4. The van der Waals surface area contributed by atoms with Gasteiger partial charge in [-0.3, -0.25) is 14.4 Å². The van der Waals surface area contributed by atoms with E-state index in [4.69, 9.17) is 0 Å². The number of carbonyl (C=O) groups excluding carboxylic acids is 3. The van der Waals surface area contributed by atoms with Crippen LogP contribution in [0.1, 0.15) is 124 Å². The monoisotopic (exact) mass is 484 g/mol. The maximum atomic E-state index is 13.3. The Bertz CT molecular complexity index is 843. The lowest BCUT2D eigenvalue weighted by atomic mass is 9.46. The zero-order valence-corrected chi connectivity index (χ0v) is 22.4. The van der Waals surface area contributed by atoms with Crippen LogP contribution in [0, 0.1) is 34.5 Å². The first-order chi connectivity index (χ1) is 16.7. The van der Waals surface area contributed by atoms with Gasteiger partial charge < -0.3 is 5.11 Å². The Morgan fingerprint density at radius 1 is 0.943 bits per heavy atom. The van der Waals surface area contributed by atoms with Crippen molar-refractivity contribution in [1.82, 2.24) is 0 Å². The Labute approximate surface area is 212 Å². The van der Waals surface area contributed by atoms with E-state index in [2.05, 4.69) is 20.8 Å². The molecule has 0 spiro atoms. The molecule has 0 bridgehead atoms. The molecular formula is C31H48O4. The Morgan fingerprint density at radius 2 is 1.57 bits per heavy atom. The number of allylic oxidation sites excluding steroid dienone is 1. The van der Waals surface area contributed by atoms with Gasteiger partial charge in [0, 0.05) is 30.1 Å². The third-order valence-electron chi connectivity index (χ3n) is 10.7. The summed E-state index contributed by atoms with van der Waals surface area (Å²) in [5.41, 5.74) is 0.484. The lowest BCUT2D eigenvalue weighted by Gasteiger charge is -2.56. The van der Waals surface area contributed by atoms with Crippen molar-refractivity contribution in [1.29, 1.82) is 0 Å². The van der Waals surface area contributed by atoms with Crippen molar-refractivity contribution in [2.75, 3.05) is 0 Å². The third kappa shape index (κ3) is 5.11. The highest BCUT2D eigenvalue weighted by Crippen LogP contribution is 2.63. The van der Waals surface area contributed by atoms with E-state index in [9.17, 15) is 19.5 Å². The predicted octanol–water partition coefficient (Wildman–Crippen LogP) is 6.77. The fourth-order valence-corrected chi connectivity index (χ4v) is 8.35. The van der Waals surface area contributed by atoms with E-state index in [-0.39, 0.29) is 46.1 Å². The second-order valence-electron chi connectivity index (χ2n) is 12.8. The first kappa shape index (κ1) is 26.8. The highest BCUT2D eigenvalue weighted by Gasteiger charge is 2.62. The SMILES string of the molecule is CCCCCCCCCCCC(=O)C1C[C@@]2(C)C(=CC(=O)[C@@H]3[C@@H]2CC[C@]2(C)C(=O)CC[C@@H]32)C[C@H]1O. The van der Waals surface area contributed by atoms with E-state index in [1.54, 1.807) is 6.08 Å². The third-order valence-corrected chi connectivity index (χ3v) is 10.7. The Morgan fingerprint density at radius 3 is 2.26 bits per heavy atom. The molecule has 4 aliphatic rings. The molecule has 7 atom stereocenters. The highest BCUT2D eigenvalue weighted by molar-refractivity contribution is 5.97. The fraction of sp³-hybridized carbons (Fsp3) is 0.839. The van der Waals surface area contributed by atoms with Crippen molar-refractivity contribution in [2.24, 2.45) is 34.5 Å². The summed E-state index contributed by atoms with van der Waals surface area (Å²) >= 11 is 0. The van der Waals surface area contributed by atoms with E-state index < -0.39 is 6.10 Å². The smallest absolute Gasteiger partial charge is 0.159 e. The van der Waals surface area contributed by atoms with Crippen LogP contribution in [0.15, 0.2) is 11.6 Å². The van der Waals surface area contributed by atoms with Crippen molar-refractivity contribution in [2.45, 2.75) is 130 Å². The first-order valence-electron chi connectivity index (χ1n) is 14.7. The Balaban J connectivity index is 1.35. The van der Waals surface area contributed by atoms with Crippen molar-refractivity contribution < 1.29 is 19.5 Å². The van der Waals surface area contributed by atoms with Crippen LogP contribution in [0.25, 0.3) is 0 Å². The molecule has 0 aromatic heterocycles. The number of ketones is 3. The van der Waals surface area contributed by atoms with E-state index in [0.29, 0.717) is 31.5 Å². The lowest BCUT2D eigenvalue weighted by molar-refractivity contribution is -0.142. The summed E-state index contributed by atoms with van der Waals surface area (Å²) in [6, 6.07) is 0. The number of rotatable bonds is 11. The van der Waals surface area contributed by atoms with E-state index >= 15 is 0 Å². The van der Waals surface area contributed by atoms with Gasteiger partial charge in [0.25, 0.3) is 0 Å². The van der Waals surface area contributed by atoms with Crippen LogP contribution in [-0.2, 0) is 14.4 Å². The van der Waals surface area contributed by atoms with Gasteiger partial charge in [-0.1, -0.05) is 77.7 Å². The number of unbranched alkanes of at least 4 members (excludes halogenated alkanes) is 8. The van der Waals surface area contributed by atoms with Crippen molar-refractivity contribution in [3.05, 3.63) is 11.6 Å². The molecule has 3 fully saturated rings. The summed E-state index contributed by atoms with van der Waals surface area (Å²) in [6.07, 6.45) is 17.0. The Hall–Kier alpha value is -1.29. The van der Waals surface area contributed by atoms with Crippen LogP contribution in [0.4, 0.5) is 0 Å². The van der Waals surface area contributed by atoms with Gasteiger partial charge in [-0.15, -0.1) is 0 Å². The van der Waals surface area contributed by atoms with Gasteiger partial charge in [0.05, 0.1) is 6.10 Å². The average Bonchev–Trinajstić information content (AvgIpc) is 3.13. The van der Waals surface area contributed by atoms with Crippen LogP contribution in [0.5, 0.6) is 0 Å². The first-order valence-corrected chi connectivity index (χ1v) is 14.7. The van der Waals surface area contributed by atoms with Gasteiger partial charge in [-0.2, -0.15) is 0 Å². The molecule has 0 radical (unpaired) electrons. The molecule has 0 heterocycles. The lowest BCUT2D eigenvalue weighted by Crippen LogP contribution is -2.55. The molecule has 4 aliphatic carbocycles. The normalized spacial score (nSPS) is 38.5. The van der Waals surface area contributed by atoms with Gasteiger partial charge in [-0.25, -0.2) is 0 Å². The largest absolute Gasteiger partial charge is 0.392 e. The minimum Gasteiger partial charge on any atom is -0.392 e. The minimum absolute atomic E-state index is 0.0997. The van der Waals surface area contributed by atoms with Gasteiger partial charge in [0.15, 0.2) is 5.78 Å². The molecule has 0 saturated heterocycles. The summed E-state index contributed by atoms with van der Waals surface area (Å²) in [5, 5.41) is 10.9. The molecule has 4 heteroatoms. The number of hydrogen-bond acceptors (Lipinski definition) is 4. The van der Waals surface area contributed by atoms with E-state index in [1.165, 1.54) is 44.9 Å². The molecular weight excluding hydrogens is 436 g/mol. The number of aliphatic hydroxyl groups excluding tert-OH is 1. The molecule has 4 nitrogen and oxygen atoms in total. The number of Topliss-reactive ketones (excluding diaryl/α,β-unsaturated/α-hetero) is 2. The van der Waals surface area contributed by atoms with Gasteiger partial charge in [-0.05, 0) is 61.9 Å². The minimum atomic E-state index is -0.674. The highest BCUT2D eigenvalue weighted by atomic mass is 16.3. The topological polar surface area (TPSA) is 71.4 Å². The van der Waals surface area contributed by atoms with Crippen molar-refractivity contribution in [3.63, 3.8) is 0 Å². The van der Waals surface area contributed by atoms with Gasteiger partial charge >= 0.3 is 0 Å². The second kappa shape index (κ2) is 11.0. The molecule has 196 valence electrons. The molecule has 4 rings (SSSR count). The molecule has 0 aliphatic heterocycles. The summed E-state index contributed by atoms with van der Waals surface area (Å²) in [6.45, 7) is 6.57. The van der Waals surface area contributed by atoms with Crippen LogP contribution >= 0.6 is 0 Å². The second-order valence-corrected chi connectivity index (χ2v) is 12.8. The maximum Gasteiger partial charge on any atom is 0.159 e. The average molecular weight is 485 g/mol. The number of carbonyl (C=O) groups is 3. The summed E-state index contributed by atoms with van der Waals surface area (Å²) in [4.78, 5) is 39.2. The number of fused-ring (bicyclic) bond motifs is 5. The van der Waals surface area contributed by atoms with Crippen LogP contribution < -0.4 is 0 Å². The van der Waals surface area contributed by atoms with E-state index in [1.807, 2.05) is 0 Å². The molecule has 0 aromatic carbocycles. The molecule has 1 unspecified atom stereocenters. The number of hydrogen-bond donors (Lipinski definition) is 1. The van der Waals surface area contributed by atoms with E-state index in [0.717, 1.165) is 37.7 Å². The standard InChI is InChI=1S/C31H48O4/c1-4-5-6-7-8-9-10-11-12-13-25(32)22-20-31(3)21(18-26(22)33)19-27(34)29-23-14-15-28(35)30(23,2)17-16-24(29)31/h19,22-24,26,29,33H,4-18,20H2,1-3H3/t22?,23-,24-,26+,29-,30-,31-/m0/s1. The van der Waals surface area contributed by atoms with Gasteiger partial charge in [0.2, 0.25) is 0 Å². The summed E-state index contributed by atoms with van der Waals surface area (Å²) in [7, 11) is 0.